The number of ether oxygens (including phenoxy) is 1. The molecule has 8 nitrogen and oxygen atoms in total. The van der Waals surface area contributed by atoms with Gasteiger partial charge in [0.25, 0.3) is 5.91 Å². The Morgan fingerprint density at radius 3 is 2.61 bits per heavy atom. The minimum atomic E-state index is -0.622. The molecule has 2 aromatic carbocycles. The number of nitriles is 1. The van der Waals surface area contributed by atoms with Gasteiger partial charge in [-0.25, -0.2) is 0 Å². The summed E-state index contributed by atoms with van der Waals surface area (Å²) in [4.78, 5) is 40.9. The van der Waals surface area contributed by atoms with Gasteiger partial charge in [-0.1, -0.05) is 24.1 Å². The zero-order chi connectivity index (χ0) is 26.4. The van der Waals surface area contributed by atoms with Crippen molar-refractivity contribution in [3.8, 4) is 11.8 Å². The summed E-state index contributed by atoms with van der Waals surface area (Å²) < 4.78 is 6.54. The Bertz CT molecular complexity index is 1350. The number of carbonyl (C=O) groups is 3. The summed E-state index contributed by atoms with van der Waals surface area (Å²) in [5.74, 6) is 0.221. The monoisotopic (exact) mass is 532 g/mol. The van der Waals surface area contributed by atoms with Gasteiger partial charge in [-0.05, 0) is 67.1 Å². The first-order valence-corrected chi connectivity index (χ1v) is 13.7. The van der Waals surface area contributed by atoms with Crippen molar-refractivity contribution in [2.24, 2.45) is 0 Å². The van der Waals surface area contributed by atoms with Crippen LogP contribution in [0.15, 0.2) is 36.4 Å². The number of nitrogens with one attached hydrogen (secondary N) is 1. The number of halogens is 1. The second-order valence-corrected chi connectivity index (χ2v) is 11.1. The molecule has 0 unspecified atom stereocenters. The maximum Gasteiger partial charge on any atom is 0.255 e. The average Bonchev–Trinajstić information content (AvgIpc) is 3.20. The third kappa shape index (κ3) is 4.55. The van der Waals surface area contributed by atoms with Crippen molar-refractivity contribution in [3.05, 3.63) is 63.7 Å². The second kappa shape index (κ2) is 10.0. The van der Waals surface area contributed by atoms with Gasteiger partial charge < -0.3 is 9.64 Å². The molecule has 0 spiro atoms. The summed E-state index contributed by atoms with van der Waals surface area (Å²) >= 11 is 6.46. The largest absolute Gasteiger partial charge is 0.489 e. The number of piperidine rings is 1. The van der Waals surface area contributed by atoms with Gasteiger partial charge in [-0.2, -0.15) is 5.26 Å². The van der Waals surface area contributed by atoms with Crippen LogP contribution in [0.25, 0.3) is 0 Å². The Labute approximate surface area is 226 Å². The molecule has 0 aromatic heterocycles. The second-order valence-electron chi connectivity index (χ2n) is 10.7. The molecule has 0 bridgehead atoms. The van der Waals surface area contributed by atoms with Crippen molar-refractivity contribution in [1.29, 1.82) is 5.26 Å². The molecule has 0 radical (unpaired) electrons. The summed E-state index contributed by atoms with van der Waals surface area (Å²) in [6.07, 6.45) is 4.98. The zero-order valence-electron chi connectivity index (χ0n) is 21.0. The predicted octanol–water partition coefficient (Wildman–Crippen LogP) is 3.76. The Morgan fingerprint density at radius 2 is 1.84 bits per heavy atom. The molecular formula is C29H29ClN4O4. The third-order valence-corrected chi connectivity index (χ3v) is 8.73. The van der Waals surface area contributed by atoms with Crippen LogP contribution in [0.4, 0.5) is 0 Å². The van der Waals surface area contributed by atoms with Crippen LogP contribution in [-0.2, 0) is 16.1 Å². The molecule has 3 atom stereocenters. The van der Waals surface area contributed by atoms with Gasteiger partial charge in [0.15, 0.2) is 0 Å². The molecule has 2 aromatic rings. The summed E-state index contributed by atoms with van der Waals surface area (Å²) in [5, 5.41) is 12.1. The fourth-order valence-electron chi connectivity index (χ4n) is 6.34. The number of hydrogen-bond acceptors (Lipinski definition) is 6. The lowest BCUT2D eigenvalue weighted by atomic mass is 9.84. The number of imide groups is 1. The minimum Gasteiger partial charge on any atom is -0.489 e. The van der Waals surface area contributed by atoms with Gasteiger partial charge in [-0.3, -0.25) is 24.6 Å². The summed E-state index contributed by atoms with van der Waals surface area (Å²) in [6.45, 7) is 2.16. The highest BCUT2D eigenvalue weighted by atomic mass is 35.5. The van der Waals surface area contributed by atoms with E-state index in [0.717, 1.165) is 49.2 Å². The Balaban J connectivity index is 1.11. The van der Waals surface area contributed by atoms with Gasteiger partial charge in [0.1, 0.15) is 17.9 Å². The topological polar surface area (TPSA) is 103 Å². The molecule has 196 valence electrons. The van der Waals surface area contributed by atoms with E-state index in [1.165, 1.54) is 6.42 Å². The van der Waals surface area contributed by atoms with Crippen molar-refractivity contribution in [2.45, 2.75) is 69.2 Å². The molecule has 3 aliphatic heterocycles. The Kier molecular flexibility index (Phi) is 6.58. The smallest absolute Gasteiger partial charge is 0.255 e. The highest BCUT2D eigenvalue weighted by Gasteiger charge is 2.41. The van der Waals surface area contributed by atoms with Crippen LogP contribution < -0.4 is 10.1 Å². The van der Waals surface area contributed by atoms with Crippen molar-refractivity contribution >= 4 is 29.3 Å². The molecule has 38 heavy (non-hydrogen) atoms. The normalized spacial score (nSPS) is 25.9. The van der Waals surface area contributed by atoms with Crippen LogP contribution in [0.1, 0.15) is 71.5 Å². The molecule has 3 heterocycles. The van der Waals surface area contributed by atoms with Crippen LogP contribution in [0, 0.1) is 11.3 Å². The van der Waals surface area contributed by atoms with Crippen molar-refractivity contribution in [3.63, 3.8) is 0 Å². The number of benzene rings is 2. The molecule has 9 heteroatoms. The quantitative estimate of drug-likeness (QED) is 0.588. The van der Waals surface area contributed by atoms with E-state index in [1.807, 2.05) is 24.3 Å². The number of rotatable bonds is 5. The first-order valence-electron chi connectivity index (χ1n) is 13.3. The SMILES string of the molecule is N#Cc1ccc(C2CN([C@@H]3CCCC[C@H]3Oc3ccc4c(c3)CN([C@@H]3CCC(=O)NC3=O)C4=O)C2)c(Cl)c1. The van der Waals surface area contributed by atoms with E-state index in [0.29, 0.717) is 41.1 Å². The Morgan fingerprint density at radius 1 is 1.03 bits per heavy atom. The standard InChI is InChI=1S/C29H29ClN4O4/c30-23-11-17(13-31)5-7-21(23)19-14-33(15-19)24-3-1-2-4-26(24)38-20-6-8-22-18(12-20)16-34(29(22)37)25-9-10-27(35)32-28(25)36/h5-8,11-12,19,24-26H,1-4,9-10,14-16H2,(H,32,35,36)/t24-,25-,26-/m1/s1. The van der Waals surface area contributed by atoms with E-state index in [2.05, 4.69) is 16.3 Å². The first kappa shape index (κ1) is 24.9. The van der Waals surface area contributed by atoms with Crippen molar-refractivity contribution < 1.29 is 19.1 Å². The fraction of sp³-hybridized carbons (Fsp3) is 0.448. The van der Waals surface area contributed by atoms with Gasteiger partial charge in [0.05, 0.1) is 11.6 Å². The molecule has 3 amide bonds. The molecule has 1 saturated carbocycles. The van der Waals surface area contributed by atoms with E-state index < -0.39 is 11.9 Å². The summed E-state index contributed by atoms with van der Waals surface area (Å²) in [7, 11) is 0. The number of hydrogen-bond donors (Lipinski definition) is 1. The lowest BCUT2D eigenvalue weighted by Gasteiger charge is -2.48. The molecule has 6 rings (SSSR count). The zero-order valence-corrected chi connectivity index (χ0v) is 21.7. The number of likely N-dealkylation sites (tertiary alicyclic amines) is 1. The highest BCUT2D eigenvalue weighted by Crippen LogP contribution is 2.38. The molecule has 4 aliphatic rings. The number of nitrogens with zero attached hydrogens (tertiary/aromatic N) is 3. The average molecular weight is 533 g/mol. The van der Waals surface area contributed by atoms with Crippen LogP contribution in [0.2, 0.25) is 5.02 Å². The van der Waals surface area contributed by atoms with Crippen LogP contribution in [0.3, 0.4) is 0 Å². The maximum atomic E-state index is 13.0. The molecule has 3 fully saturated rings. The number of fused-ring (bicyclic) bond motifs is 1. The van der Waals surface area contributed by atoms with E-state index in [4.69, 9.17) is 21.6 Å². The van der Waals surface area contributed by atoms with Crippen molar-refractivity contribution in [1.82, 2.24) is 15.1 Å². The van der Waals surface area contributed by atoms with Crippen LogP contribution in [0.5, 0.6) is 5.75 Å². The third-order valence-electron chi connectivity index (χ3n) is 8.40. The molecule has 1 aliphatic carbocycles. The molecule has 2 saturated heterocycles. The highest BCUT2D eigenvalue weighted by molar-refractivity contribution is 6.31. The van der Waals surface area contributed by atoms with Gasteiger partial charge in [0, 0.05) is 48.6 Å². The summed E-state index contributed by atoms with van der Waals surface area (Å²) in [6, 6.07) is 13.0. The van der Waals surface area contributed by atoms with E-state index in [1.54, 1.807) is 17.0 Å². The first-order chi connectivity index (χ1) is 18.4. The van der Waals surface area contributed by atoms with E-state index in [9.17, 15) is 14.4 Å². The van der Waals surface area contributed by atoms with Crippen LogP contribution in [-0.4, -0.2) is 58.8 Å². The predicted molar refractivity (Wildman–Crippen MR) is 140 cm³/mol. The van der Waals surface area contributed by atoms with E-state index >= 15 is 0 Å². The number of amides is 3. The fourth-order valence-corrected chi connectivity index (χ4v) is 6.67. The van der Waals surface area contributed by atoms with Gasteiger partial charge in [0.2, 0.25) is 11.8 Å². The number of carbonyl (C=O) groups excluding carboxylic acids is 3. The van der Waals surface area contributed by atoms with Crippen molar-refractivity contribution in [2.75, 3.05) is 13.1 Å². The maximum absolute atomic E-state index is 13.0. The van der Waals surface area contributed by atoms with Crippen LogP contribution >= 0.6 is 11.6 Å². The van der Waals surface area contributed by atoms with Gasteiger partial charge in [-0.15, -0.1) is 0 Å². The van der Waals surface area contributed by atoms with Gasteiger partial charge >= 0.3 is 0 Å². The lowest BCUT2D eigenvalue weighted by Crippen LogP contribution is -2.57. The van der Waals surface area contributed by atoms with E-state index in [-0.39, 0.29) is 24.3 Å². The summed E-state index contributed by atoms with van der Waals surface area (Å²) in [5.41, 5.74) is 3.11. The molecule has 1 N–H and O–H groups in total. The minimum absolute atomic E-state index is 0.0579. The Hall–Kier alpha value is -3.41. The molecular weight excluding hydrogens is 504 g/mol. The lowest BCUT2D eigenvalue weighted by molar-refractivity contribution is -0.136.